The molecule has 1 heterocycles. The van der Waals surface area contributed by atoms with Crippen LogP contribution in [-0.4, -0.2) is 10.9 Å². The summed E-state index contributed by atoms with van der Waals surface area (Å²) in [5.74, 6) is -0.524. The van der Waals surface area contributed by atoms with Crippen molar-refractivity contribution in [1.29, 1.82) is 0 Å². The number of carbonyl (C=O) groups excluding carboxylic acids is 1. The fourth-order valence-corrected chi connectivity index (χ4v) is 1.70. The monoisotopic (exact) mass is 258 g/mol. The maximum absolute atomic E-state index is 12.8. The lowest BCUT2D eigenvalue weighted by molar-refractivity contribution is -0.116. The zero-order chi connectivity index (χ0) is 13.7. The molecule has 98 valence electrons. The Morgan fingerprint density at radius 3 is 2.63 bits per heavy atom. The Bertz CT molecular complexity index is 567. The molecule has 0 saturated carbocycles. The summed E-state index contributed by atoms with van der Waals surface area (Å²) in [5.41, 5.74) is 2.30. The highest BCUT2D eigenvalue weighted by atomic mass is 19.1. The van der Waals surface area contributed by atoms with Gasteiger partial charge in [0.15, 0.2) is 0 Å². The first-order valence-electron chi connectivity index (χ1n) is 6.11. The molecule has 4 heteroatoms. The van der Waals surface area contributed by atoms with Gasteiger partial charge in [-0.1, -0.05) is 35.9 Å². The third-order valence-electron chi connectivity index (χ3n) is 2.74. The molecule has 1 aromatic carbocycles. The number of rotatable bonds is 4. The Balaban J connectivity index is 1.86. The van der Waals surface area contributed by atoms with Crippen molar-refractivity contribution in [3.8, 4) is 0 Å². The minimum atomic E-state index is -0.601. The average Bonchev–Trinajstić information content (AvgIpc) is 2.38. The summed E-state index contributed by atoms with van der Waals surface area (Å²) in [7, 11) is 0. The Kier molecular flexibility index (Phi) is 4.23. The number of carbonyl (C=O) groups is 1. The summed E-state index contributed by atoms with van der Waals surface area (Å²) in [6.45, 7) is 2.02. The lowest BCUT2D eigenvalue weighted by atomic mass is 10.1. The number of aromatic nitrogens is 1. The number of halogens is 1. The van der Waals surface area contributed by atoms with E-state index in [0.717, 1.165) is 5.56 Å². The van der Waals surface area contributed by atoms with Gasteiger partial charge in [-0.15, -0.1) is 0 Å². The van der Waals surface area contributed by atoms with Crippen molar-refractivity contribution in [1.82, 2.24) is 4.98 Å². The van der Waals surface area contributed by atoms with Gasteiger partial charge >= 0.3 is 0 Å². The summed E-state index contributed by atoms with van der Waals surface area (Å²) < 4.78 is 12.8. The molecule has 0 unspecified atom stereocenters. The van der Waals surface area contributed by atoms with Crippen LogP contribution in [0.5, 0.6) is 0 Å². The number of benzene rings is 1. The number of hydrogen-bond acceptors (Lipinski definition) is 2. The maximum Gasteiger partial charge on any atom is 0.225 e. The molecule has 0 spiro atoms. The fraction of sp³-hybridized carbons (Fsp3) is 0.200. The molecule has 3 nitrogen and oxygen atoms in total. The van der Waals surface area contributed by atoms with Gasteiger partial charge in [0, 0.05) is 6.42 Å². The first-order chi connectivity index (χ1) is 9.13. The fourth-order valence-electron chi connectivity index (χ4n) is 1.70. The van der Waals surface area contributed by atoms with Crippen LogP contribution in [0.2, 0.25) is 0 Å². The minimum absolute atomic E-state index is 0.168. The second-order valence-electron chi connectivity index (χ2n) is 4.38. The third kappa shape index (κ3) is 4.17. The van der Waals surface area contributed by atoms with Crippen LogP contribution < -0.4 is 5.32 Å². The molecule has 1 amide bonds. The molecular formula is C15H15FN2O. The zero-order valence-corrected chi connectivity index (χ0v) is 10.7. The van der Waals surface area contributed by atoms with Crippen molar-refractivity contribution in [2.45, 2.75) is 19.8 Å². The Labute approximate surface area is 111 Å². The largest absolute Gasteiger partial charge is 0.311 e. The number of nitrogens with one attached hydrogen (secondary N) is 1. The second kappa shape index (κ2) is 6.09. The van der Waals surface area contributed by atoms with Crippen LogP contribution in [-0.2, 0) is 11.2 Å². The molecule has 0 saturated heterocycles. The summed E-state index contributed by atoms with van der Waals surface area (Å²) in [6, 6.07) is 12.3. The topological polar surface area (TPSA) is 42.0 Å². The molecule has 19 heavy (non-hydrogen) atoms. The van der Waals surface area contributed by atoms with E-state index < -0.39 is 5.95 Å². The lowest BCUT2D eigenvalue weighted by Crippen LogP contribution is -2.13. The number of anilines is 1. The summed E-state index contributed by atoms with van der Waals surface area (Å²) in [4.78, 5) is 15.3. The van der Waals surface area contributed by atoms with Crippen molar-refractivity contribution in [2.24, 2.45) is 0 Å². The third-order valence-corrected chi connectivity index (χ3v) is 2.74. The van der Waals surface area contributed by atoms with Crippen LogP contribution in [0.1, 0.15) is 17.5 Å². The summed E-state index contributed by atoms with van der Waals surface area (Å²) in [6.07, 6.45) is 1.00. The maximum atomic E-state index is 12.8. The summed E-state index contributed by atoms with van der Waals surface area (Å²) >= 11 is 0. The molecule has 0 atom stereocenters. The highest BCUT2D eigenvalue weighted by Gasteiger charge is 2.04. The van der Waals surface area contributed by atoms with E-state index in [2.05, 4.69) is 10.3 Å². The molecule has 1 aromatic heterocycles. The highest BCUT2D eigenvalue weighted by molar-refractivity contribution is 5.89. The Morgan fingerprint density at radius 1 is 1.21 bits per heavy atom. The van der Waals surface area contributed by atoms with Crippen LogP contribution in [0.3, 0.4) is 0 Å². The van der Waals surface area contributed by atoms with Gasteiger partial charge in [-0.05, 0) is 31.0 Å². The van der Waals surface area contributed by atoms with Gasteiger partial charge in [0.05, 0.1) is 0 Å². The quantitative estimate of drug-likeness (QED) is 0.856. The predicted octanol–water partition coefficient (Wildman–Crippen LogP) is 3.10. The smallest absolute Gasteiger partial charge is 0.225 e. The summed E-state index contributed by atoms with van der Waals surface area (Å²) in [5, 5.41) is 2.57. The van der Waals surface area contributed by atoms with Crippen LogP contribution in [0, 0.1) is 12.9 Å². The number of pyridine rings is 1. The first-order valence-corrected chi connectivity index (χ1v) is 6.11. The van der Waals surface area contributed by atoms with Crippen molar-refractivity contribution in [3.63, 3.8) is 0 Å². The van der Waals surface area contributed by atoms with Crippen molar-refractivity contribution < 1.29 is 9.18 Å². The number of hydrogen-bond donors (Lipinski definition) is 1. The van der Waals surface area contributed by atoms with E-state index in [0.29, 0.717) is 12.8 Å². The zero-order valence-electron chi connectivity index (χ0n) is 10.7. The molecule has 0 bridgehead atoms. The predicted molar refractivity (Wildman–Crippen MR) is 72.3 cm³/mol. The van der Waals surface area contributed by atoms with E-state index in [9.17, 15) is 9.18 Å². The van der Waals surface area contributed by atoms with Crippen molar-refractivity contribution >= 4 is 11.7 Å². The lowest BCUT2D eigenvalue weighted by Gasteiger charge is -2.04. The molecule has 0 fully saturated rings. The van der Waals surface area contributed by atoms with Crippen molar-refractivity contribution in [2.75, 3.05) is 5.32 Å². The van der Waals surface area contributed by atoms with E-state index in [1.165, 1.54) is 17.7 Å². The minimum Gasteiger partial charge on any atom is -0.311 e. The van der Waals surface area contributed by atoms with Crippen LogP contribution >= 0.6 is 0 Å². The van der Waals surface area contributed by atoms with Crippen molar-refractivity contribution in [3.05, 3.63) is 59.5 Å². The van der Waals surface area contributed by atoms with Gasteiger partial charge in [0.25, 0.3) is 0 Å². The molecule has 0 aliphatic rings. The number of aryl methyl sites for hydroxylation is 2. The molecule has 0 radical (unpaired) electrons. The van der Waals surface area contributed by atoms with Gasteiger partial charge in [-0.25, -0.2) is 4.98 Å². The van der Waals surface area contributed by atoms with Gasteiger partial charge in [-0.3, -0.25) is 4.79 Å². The van der Waals surface area contributed by atoms with Gasteiger partial charge in [0.1, 0.15) is 5.82 Å². The van der Waals surface area contributed by atoms with E-state index in [1.54, 1.807) is 6.07 Å². The van der Waals surface area contributed by atoms with E-state index in [1.807, 2.05) is 31.2 Å². The van der Waals surface area contributed by atoms with E-state index in [4.69, 9.17) is 0 Å². The normalized spacial score (nSPS) is 10.2. The van der Waals surface area contributed by atoms with E-state index in [-0.39, 0.29) is 11.7 Å². The molecule has 0 aliphatic heterocycles. The van der Waals surface area contributed by atoms with E-state index >= 15 is 0 Å². The second-order valence-corrected chi connectivity index (χ2v) is 4.38. The molecule has 1 N–H and O–H groups in total. The van der Waals surface area contributed by atoms with Gasteiger partial charge in [-0.2, -0.15) is 4.39 Å². The molecular weight excluding hydrogens is 243 g/mol. The SMILES string of the molecule is Cc1ccc(CCC(=O)Nc2cccc(F)n2)cc1. The van der Waals surface area contributed by atoms with Crippen LogP contribution in [0.15, 0.2) is 42.5 Å². The molecule has 2 rings (SSSR count). The van der Waals surface area contributed by atoms with Crippen LogP contribution in [0.25, 0.3) is 0 Å². The Hall–Kier alpha value is -2.23. The number of amides is 1. The average molecular weight is 258 g/mol. The van der Waals surface area contributed by atoms with Crippen LogP contribution in [0.4, 0.5) is 10.2 Å². The van der Waals surface area contributed by atoms with Gasteiger partial charge < -0.3 is 5.32 Å². The molecule has 2 aromatic rings. The number of nitrogens with zero attached hydrogens (tertiary/aromatic N) is 1. The standard InChI is InChI=1S/C15H15FN2O/c1-11-5-7-12(8-6-11)9-10-15(19)18-14-4-2-3-13(16)17-14/h2-8H,9-10H2,1H3,(H,17,18,19). The first kappa shape index (κ1) is 13.2. The Morgan fingerprint density at radius 2 is 1.95 bits per heavy atom. The molecule has 0 aliphatic carbocycles. The van der Waals surface area contributed by atoms with Gasteiger partial charge in [0.2, 0.25) is 11.9 Å². The highest BCUT2D eigenvalue weighted by Crippen LogP contribution is 2.08.